The molecular formula is C6H5Cl6OSb. The number of aromatic hydroxyl groups is 1. The number of hydrogen-bond acceptors (Lipinski definition) is 1. The van der Waals surface area contributed by atoms with E-state index in [2.05, 4.69) is 0 Å². The predicted octanol–water partition coefficient (Wildman–Crippen LogP) is 3.90. The van der Waals surface area contributed by atoms with Crippen molar-refractivity contribution < 1.29 is 5.11 Å². The molecule has 0 saturated heterocycles. The summed E-state index contributed by atoms with van der Waals surface area (Å²) in [7, 11) is 0. The summed E-state index contributed by atoms with van der Waals surface area (Å²) < 4.78 is 0. The molecule has 0 aliphatic carbocycles. The van der Waals surface area contributed by atoms with E-state index < -0.39 is 0 Å². The minimum atomic E-state index is -0.363. The Morgan fingerprint density at radius 3 is 1.14 bits per heavy atom. The zero-order valence-corrected chi connectivity index (χ0v) is 15.1. The quantitative estimate of drug-likeness (QED) is 0.378. The molecule has 0 atom stereocenters. The van der Waals surface area contributed by atoms with Gasteiger partial charge in [0, 0.05) is 0 Å². The van der Waals surface area contributed by atoms with E-state index in [0.29, 0.717) is 0 Å². The zero-order chi connectivity index (χ0) is 9.46. The van der Waals surface area contributed by atoms with Crippen molar-refractivity contribution in [3.63, 3.8) is 0 Å². The molecule has 0 unspecified atom stereocenters. The van der Waals surface area contributed by atoms with E-state index >= 15 is 0 Å². The van der Waals surface area contributed by atoms with E-state index in [1.165, 1.54) is 0 Å². The molecule has 8 heteroatoms. The van der Waals surface area contributed by atoms with Crippen molar-refractivity contribution in [3.05, 3.63) is 25.1 Å². The fourth-order valence-electron chi connectivity index (χ4n) is 0.593. The van der Waals surface area contributed by atoms with E-state index in [1.54, 1.807) is 0 Å². The molecule has 0 aliphatic heterocycles. The van der Waals surface area contributed by atoms with Gasteiger partial charge in [-0.25, -0.2) is 0 Å². The van der Waals surface area contributed by atoms with Gasteiger partial charge in [0.25, 0.3) is 0 Å². The molecule has 0 radical (unpaired) electrons. The summed E-state index contributed by atoms with van der Waals surface area (Å²) in [5.74, 6) is -0.363. The molecule has 0 aromatic heterocycles. The summed E-state index contributed by atoms with van der Waals surface area (Å²) in [6.45, 7) is 0. The number of halogens is 6. The number of rotatable bonds is 0. The molecule has 0 amide bonds. The summed E-state index contributed by atoms with van der Waals surface area (Å²) >= 11 is 27.9. The Balaban J connectivity index is 0. The molecule has 1 aromatic rings. The third-order valence-electron chi connectivity index (χ3n) is 1.19. The summed E-state index contributed by atoms with van der Waals surface area (Å²) in [5, 5.41) is 9.01. The first-order chi connectivity index (χ1) is 5.46. The van der Waals surface area contributed by atoms with Crippen LogP contribution in [0.1, 0.15) is 0 Å². The predicted molar refractivity (Wildman–Crippen MR) is 70.3 cm³/mol. The van der Waals surface area contributed by atoms with Crippen LogP contribution in [0.4, 0.5) is 0 Å². The Bertz CT molecular complexity index is 237. The molecule has 0 heterocycles. The second-order valence-electron chi connectivity index (χ2n) is 1.92. The molecule has 1 rings (SSSR count). The monoisotopic (exact) mass is 424 g/mol. The average molecular weight is 428 g/mol. The van der Waals surface area contributed by atoms with Crippen LogP contribution in [-0.4, -0.2) is 29.5 Å². The van der Waals surface area contributed by atoms with Gasteiger partial charge in [0.15, 0.2) is 5.75 Å². The molecule has 0 aliphatic rings. The third-order valence-corrected chi connectivity index (χ3v) is 3.44. The number of phenols is 1. The molecule has 0 bridgehead atoms. The second-order valence-corrected chi connectivity index (χ2v) is 3.81. The van der Waals surface area contributed by atoms with Crippen LogP contribution < -0.4 is 0 Å². The maximum atomic E-state index is 9.20. The van der Waals surface area contributed by atoms with Gasteiger partial charge >= 0.3 is 24.4 Å². The van der Waals surface area contributed by atoms with Gasteiger partial charge in [0.2, 0.25) is 0 Å². The van der Waals surface area contributed by atoms with Crippen molar-refractivity contribution in [1.29, 1.82) is 0 Å². The van der Waals surface area contributed by atoms with Gasteiger partial charge in [0.05, 0.1) is 15.1 Å². The van der Waals surface area contributed by atoms with Crippen molar-refractivity contribution in [2.45, 2.75) is 0 Å². The molecular weight excluding hydrogens is 423 g/mol. The molecule has 1 nitrogen and oxygen atoms in total. The van der Waals surface area contributed by atoms with Crippen molar-refractivity contribution in [1.82, 2.24) is 0 Å². The van der Waals surface area contributed by atoms with Crippen LogP contribution in [0.25, 0.3) is 0 Å². The Labute approximate surface area is 129 Å². The Kier molecular flexibility index (Phi) is 8.99. The summed E-state index contributed by atoms with van der Waals surface area (Å²) in [6.07, 6.45) is 0. The Morgan fingerprint density at radius 2 is 0.857 bits per heavy atom. The summed E-state index contributed by atoms with van der Waals surface area (Å²) in [5.41, 5.74) is 0. The summed E-state index contributed by atoms with van der Waals surface area (Å²) in [6, 6.07) is 0. The molecule has 1 aromatic carbocycles. The first-order valence-corrected chi connectivity index (χ1v) is 4.56. The van der Waals surface area contributed by atoms with Crippen molar-refractivity contribution in [2.75, 3.05) is 0 Å². The Hall–Kier alpha value is 1.58. The zero-order valence-electron chi connectivity index (χ0n) is 6.45. The van der Waals surface area contributed by atoms with E-state index in [9.17, 15) is 5.11 Å². The van der Waals surface area contributed by atoms with Gasteiger partial charge in [-0.2, -0.15) is 0 Å². The van der Waals surface area contributed by atoms with Crippen LogP contribution in [-0.2, 0) is 0 Å². The number of benzene rings is 1. The van der Waals surface area contributed by atoms with E-state index in [1.807, 2.05) is 0 Å². The van der Waals surface area contributed by atoms with Gasteiger partial charge < -0.3 is 5.11 Å². The van der Waals surface area contributed by atoms with Crippen LogP contribution in [0.5, 0.6) is 5.75 Å². The van der Waals surface area contributed by atoms with Crippen molar-refractivity contribution >= 4 is 94.8 Å². The second kappa shape index (κ2) is 7.01. The summed E-state index contributed by atoms with van der Waals surface area (Å²) in [4.78, 5) is 0. The number of phenolic OH excluding ortho intramolecular Hbond substituents is 1. The van der Waals surface area contributed by atoms with Gasteiger partial charge in [-0.1, -0.05) is 58.0 Å². The SMILES string of the molecule is Cl.Oc1c(Cl)c(Cl)c(Cl)c(Cl)c1Cl.[SbH3]. The van der Waals surface area contributed by atoms with Gasteiger partial charge in [-0.3, -0.25) is 0 Å². The van der Waals surface area contributed by atoms with Crippen LogP contribution >= 0.6 is 70.4 Å². The average Bonchev–Trinajstić information content (AvgIpc) is 2.08. The van der Waals surface area contributed by atoms with Crippen LogP contribution in [0.15, 0.2) is 0 Å². The Morgan fingerprint density at radius 1 is 0.643 bits per heavy atom. The molecule has 14 heavy (non-hydrogen) atoms. The van der Waals surface area contributed by atoms with Crippen LogP contribution in [0.3, 0.4) is 0 Å². The molecule has 0 fully saturated rings. The minimum absolute atomic E-state index is 0. The molecule has 0 saturated carbocycles. The van der Waals surface area contributed by atoms with E-state index in [-0.39, 0.29) is 67.7 Å². The fourth-order valence-corrected chi connectivity index (χ4v) is 1.72. The van der Waals surface area contributed by atoms with E-state index in [0.717, 1.165) is 0 Å². The molecule has 82 valence electrons. The van der Waals surface area contributed by atoms with Crippen molar-refractivity contribution in [2.24, 2.45) is 0 Å². The van der Waals surface area contributed by atoms with Gasteiger partial charge in [0.1, 0.15) is 10.0 Å². The maximum absolute atomic E-state index is 9.20. The van der Waals surface area contributed by atoms with Crippen molar-refractivity contribution in [3.8, 4) is 5.75 Å². The number of hydrogen-bond donors (Lipinski definition) is 1. The first kappa shape index (κ1) is 18.0. The van der Waals surface area contributed by atoms with Crippen LogP contribution in [0, 0.1) is 0 Å². The van der Waals surface area contributed by atoms with Crippen LogP contribution in [0.2, 0.25) is 25.1 Å². The fraction of sp³-hybridized carbons (Fsp3) is 0. The first-order valence-electron chi connectivity index (χ1n) is 2.67. The van der Waals surface area contributed by atoms with E-state index in [4.69, 9.17) is 58.0 Å². The standard InChI is InChI=1S/C6HCl5O.ClH.Sb.3H/c7-1-2(8)4(10)6(12)5(11)3(1)9;;;;;/h12H;1H;;;;. The normalized spacial score (nSPS) is 8.93. The molecule has 0 spiro atoms. The molecule has 1 N–H and O–H groups in total. The third kappa shape index (κ3) is 3.28. The van der Waals surface area contributed by atoms with Gasteiger partial charge in [-0.05, 0) is 0 Å². The van der Waals surface area contributed by atoms with Gasteiger partial charge in [-0.15, -0.1) is 12.4 Å². The topological polar surface area (TPSA) is 20.2 Å².